The number of primary amides is 1. The van der Waals surface area contributed by atoms with Gasteiger partial charge in [0.05, 0.1) is 17.8 Å². The molecule has 1 unspecified atom stereocenters. The number of rotatable bonds is 4. The minimum absolute atomic E-state index is 0.0799. The Morgan fingerprint density at radius 3 is 2.67 bits per heavy atom. The molecule has 0 spiro atoms. The van der Waals surface area contributed by atoms with Crippen molar-refractivity contribution in [3.8, 4) is 0 Å². The fourth-order valence-electron chi connectivity index (χ4n) is 2.65. The van der Waals surface area contributed by atoms with Crippen molar-refractivity contribution >= 4 is 23.3 Å². The molecule has 21 heavy (non-hydrogen) atoms. The third-order valence-corrected chi connectivity index (χ3v) is 4.11. The molecule has 6 nitrogen and oxygen atoms in total. The van der Waals surface area contributed by atoms with Gasteiger partial charge in [0.2, 0.25) is 11.8 Å². The van der Waals surface area contributed by atoms with Crippen LogP contribution in [0, 0.1) is 11.8 Å². The maximum atomic E-state index is 11.7. The van der Waals surface area contributed by atoms with E-state index in [1.54, 1.807) is 6.20 Å². The van der Waals surface area contributed by atoms with Crippen molar-refractivity contribution in [2.75, 3.05) is 23.3 Å². The molecule has 0 bridgehead atoms. The van der Waals surface area contributed by atoms with E-state index in [2.05, 4.69) is 15.2 Å². The Balaban J connectivity index is 1.63. The fourth-order valence-corrected chi connectivity index (χ4v) is 2.65. The number of carbonyl (C=O) groups excluding carboxylic acids is 2. The molecular weight excluding hydrogens is 268 g/mol. The highest BCUT2D eigenvalue weighted by atomic mass is 16.2. The Bertz CT molecular complexity index is 539. The molecule has 1 saturated heterocycles. The zero-order valence-corrected chi connectivity index (χ0v) is 11.9. The topological polar surface area (TPSA) is 88.3 Å². The molecule has 1 atom stereocenters. The lowest BCUT2D eigenvalue weighted by Gasteiger charge is -2.32. The number of pyridine rings is 1. The van der Waals surface area contributed by atoms with E-state index in [0.717, 1.165) is 43.7 Å². The van der Waals surface area contributed by atoms with Gasteiger partial charge in [-0.25, -0.2) is 4.98 Å². The Morgan fingerprint density at radius 2 is 2.05 bits per heavy atom. The first kappa shape index (κ1) is 13.9. The van der Waals surface area contributed by atoms with Crippen LogP contribution in [0.4, 0.5) is 11.5 Å². The first-order valence-electron chi connectivity index (χ1n) is 7.44. The molecule has 2 fully saturated rings. The van der Waals surface area contributed by atoms with Crippen LogP contribution in [-0.2, 0) is 9.59 Å². The molecule has 1 saturated carbocycles. The molecule has 3 rings (SSSR count). The van der Waals surface area contributed by atoms with E-state index in [9.17, 15) is 9.59 Å². The first-order valence-corrected chi connectivity index (χ1v) is 7.44. The summed E-state index contributed by atoms with van der Waals surface area (Å²) in [5.41, 5.74) is 6.11. The molecule has 1 aliphatic heterocycles. The van der Waals surface area contributed by atoms with Gasteiger partial charge in [0, 0.05) is 19.0 Å². The standard InChI is InChI=1S/C15H20N4O2/c16-14(20)11-2-1-7-19(9-11)13-6-5-12(8-17-13)18-15(21)10-3-4-10/h5-6,8,10-11H,1-4,7,9H2,(H2,16,20)(H,18,21). The number of anilines is 2. The summed E-state index contributed by atoms with van der Waals surface area (Å²) >= 11 is 0. The first-order chi connectivity index (χ1) is 10.1. The molecular formula is C15H20N4O2. The molecule has 1 aromatic heterocycles. The van der Waals surface area contributed by atoms with Crippen LogP contribution in [0.5, 0.6) is 0 Å². The van der Waals surface area contributed by atoms with E-state index in [4.69, 9.17) is 5.73 Å². The van der Waals surface area contributed by atoms with Crippen LogP contribution in [0.1, 0.15) is 25.7 Å². The minimum atomic E-state index is -0.243. The SMILES string of the molecule is NC(=O)C1CCCN(c2ccc(NC(=O)C3CC3)cn2)C1. The Labute approximate surface area is 123 Å². The summed E-state index contributed by atoms with van der Waals surface area (Å²) in [6.45, 7) is 1.50. The van der Waals surface area contributed by atoms with Gasteiger partial charge in [-0.05, 0) is 37.8 Å². The summed E-state index contributed by atoms with van der Waals surface area (Å²) in [5.74, 6) is 0.743. The number of nitrogens with one attached hydrogen (secondary N) is 1. The summed E-state index contributed by atoms with van der Waals surface area (Å²) in [7, 11) is 0. The smallest absolute Gasteiger partial charge is 0.227 e. The van der Waals surface area contributed by atoms with E-state index in [1.165, 1.54) is 0 Å². The Kier molecular flexibility index (Phi) is 3.77. The number of piperidine rings is 1. The summed E-state index contributed by atoms with van der Waals surface area (Å²) in [6.07, 6.45) is 5.43. The van der Waals surface area contributed by atoms with Gasteiger partial charge in [-0.1, -0.05) is 0 Å². The van der Waals surface area contributed by atoms with Gasteiger partial charge >= 0.3 is 0 Å². The zero-order valence-electron chi connectivity index (χ0n) is 11.9. The number of hydrogen-bond donors (Lipinski definition) is 2. The lowest BCUT2D eigenvalue weighted by molar-refractivity contribution is -0.122. The quantitative estimate of drug-likeness (QED) is 0.869. The van der Waals surface area contributed by atoms with Crippen LogP contribution < -0.4 is 16.0 Å². The molecule has 0 radical (unpaired) electrons. The van der Waals surface area contributed by atoms with Gasteiger partial charge in [0.1, 0.15) is 5.82 Å². The monoisotopic (exact) mass is 288 g/mol. The normalized spacial score (nSPS) is 21.9. The zero-order chi connectivity index (χ0) is 14.8. The number of hydrogen-bond acceptors (Lipinski definition) is 4. The molecule has 1 aliphatic carbocycles. The van der Waals surface area contributed by atoms with E-state index in [-0.39, 0.29) is 23.7 Å². The summed E-state index contributed by atoms with van der Waals surface area (Å²) in [6, 6.07) is 3.74. The number of aromatic nitrogens is 1. The predicted molar refractivity (Wildman–Crippen MR) is 79.7 cm³/mol. The second-order valence-corrected chi connectivity index (χ2v) is 5.86. The average molecular weight is 288 g/mol. The second-order valence-electron chi connectivity index (χ2n) is 5.86. The minimum Gasteiger partial charge on any atom is -0.369 e. The maximum Gasteiger partial charge on any atom is 0.227 e. The van der Waals surface area contributed by atoms with Crippen LogP contribution in [-0.4, -0.2) is 29.9 Å². The summed E-state index contributed by atoms with van der Waals surface area (Å²) in [5, 5.41) is 2.87. The highest BCUT2D eigenvalue weighted by Crippen LogP contribution is 2.30. The van der Waals surface area contributed by atoms with Crippen molar-refractivity contribution in [1.29, 1.82) is 0 Å². The number of nitrogens with two attached hydrogens (primary N) is 1. The Morgan fingerprint density at radius 1 is 1.24 bits per heavy atom. The second kappa shape index (κ2) is 5.71. The number of carbonyl (C=O) groups is 2. The van der Waals surface area contributed by atoms with Crippen LogP contribution in [0.15, 0.2) is 18.3 Å². The lowest BCUT2D eigenvalue weighted by Crippen LogP contribution is -2.41. The molecule has 2 heterocycles. The predicted octanol–water partition coefficient (Wildman–Crippen LogP) is 1.13. The van der Waals surface area contributed by atoms with Crippen LogP contribution in [0.25, 0.3) is 0 Å². The van der Waals surface area contributed by atoms with Gasteiger partial charge < -0.3 is 16.0 Å². The fraction of sp³-hybridized carbons (Fsp3) is 0.533. The van der Waals surface area contributed by atoms with Gasteiger partial charge in [-0.3, -0.25) is 9.59 Å². The molecule has 2 aliphatic rings. The van der Waals surface area contributed by atoms with Crippen LogP contribution in [0.2, 0.25) is 0 Å². The highest BCUT2D eigenvalue weighted by Gasteiger charge is 2.29. The van der Waals surface area contributed by atoms with E-state index >= 15 is 0 Å². The van der Waals surface area contributed by atoms with Crippen LogP contribution >= 0.6 is 0 Å². The molecule has 2 amide bonds. The molecule has 6 heteroatoms. The maximum absolute atomic E-state index is 11.7. The molecule has 1 aromatic rings. The van der Waals surface area contributed by atoms with Gasteiger partial charge in [-0.15, -0.1) is 0 Å². The number of nitrogens with zero attached hydrogens (tertiary/aromatic N) is 2. The molecule has 0 aromatic carbocycles. The van der Waals surface area contributed by atoms with Crippen molar-refractivity contribution in [3.63, 3.8) is 0 Å². The molecule has 3 N–H and O–H groups in total. The summed E-state index contributed by atoms with van der Waals surface area (Å²) < 4.78 is 0. The average Bonchev–Trinajstić information content (AvgIpc) is 3.33. The van der Waals surface area contributed by atoms with Gasteiger partial charge in [-0.2, -0.15) is 0 Å². The van der Waals surface area contributed by atoms with Crippen molar-refractivity contribution in [1.82, 2.24) is 4.98 Å². The van der Waals surface area contributed by atoms with E-state index in [1.807, 2.05) is 12.1 Å². The Hall–Kier alpha value is -2.11. The van der Waals surface area contributed by atoms with E-state index in [0.29, 0.717) is 6.54 Å². The van der Waals surface area contributed by atoms with Crippen LogP contribution in [0.3, 0.4) is 0 Å². The van der Waals surface area contributed by atoms with Crippen molar-refractivity contribution in [2.45, 2.75) is 25.7 Å². The highest BCUT2D eigenvalue weighted by molar-refractivity contribution is 5.93. The van der Waals surface area contributed by atoms with Crippen molar-refractivity contribution in [2.24, 2.45) is 17.6 Å². The van der Waals surface area contributed by atoms with Crippen molar-refractivity contribution in [3.05, 3.63) is 18.3 Å². The van der Waals surface area contributed by atoms with Crippen molar-refractivity contribution < 1.29 is 9.59 Å². The lowest BCUT2D eigenvalue weighted by atomic mass is 9.97. The number of amides is 2. The van der Waals surface area contributed by atoms with Gasteiger partial charge in [0.15, 0.2) is 0 Å². The van der Waals surface area contributed by atoms with Gasteiger partial charge in [0.25, 0.3) is 0 Å². The van der Waals surface area contributed by atoms with E-state index < -0.39 is 0 Å². The summed E-state index contributed by atoms with van der Waals surface area (Å²) in [4.78, 5) is 29.4. The molecule has 112 valence electrons. The third kappa shape index (κ3) is 3.32. The third-order valence-electron chi connectivity index (χ3n) is 4.11. The largest absolute Gasteiger partial charge is 0.369 e.